The molecule has 1 aromatic rings. The van der Waals surface area contributed by atoms with Gasteiger partial charge in [-0.2, -0.15) is 4.98 Å². The van der Waals surface area contributed by atoms with E-state index >= 15 is 0 Å². The highest BCUT2D eigenvalue weighted by Gasteiger charge is 2.06. The van der Waals surface area contributed by atoms with Crippen LogP contribution in [0.25, 0.3) is 0 Å². The zero-order valence-corrected chi connectivity index (χ0v) is 10.5. The van der Waals surface area contributed by atoms with E-state index in [9.17, 15) is 4.79 Å². The van der Waals surface area contributed by atoms with Crippen LogP contribution >= 0.6 is 0 Å². The fourth-order valence-electron chi connectivity index (χ4n) is 1.20. The minimum absolute atomic E-state index is 0.00625. The smallest absolute Gasteiger partial charge is 0.404 e. The molecule has 0 spiro atoms. The highest BCUT2D eigenvalue weighted by Crippen LogP contribution is 2.21. The quantitative estimate of drug-likeness (QED) is 0.652. The monoisotopic (exact) mass is 254 g/mol. The first-order valence-corrected chi connectivity index (χ1v) is 5.58. The third-order valence-electron chi connectivity index (χ3n) is 1.89. The number of amides is 1. The largest absolute Gasteiger partial charge is 0.473 e. The van der Waals surface area contributed by atoms with Gasteiger partial charge in [0.2, 0.25) is 5.88 Å². The van der Waals surface area contributed by atoms with Gasteiger partial charge in [-0.05, 0) is 26.0 Å². The molecule has 0 aromatic carbocycles. The van der Waals surface area contributed by atoms with E-state index in [4.69, 9.17) is 16.2 Å². The topological polar surface area (TPSA) is 112 Å². The van der Waals surface area contributed by atoms with Crippen LogP contribution in [0.2, 0.25) is 0 Å². The highest BCUT2D eigenvalue weighted by atomic mass is 16.5. The summed E-state index contributed by atoms with van der Waals surface area (Å²) in [6.45, 7) is 4.35. The number of primary amides is 1. The van der Waals surface area contributed by atoms with E-state index in [1.807, 2.05) is 13.8 Å². The Morgan fingerprint density at radius 1 is 1.50 bits per heavy atom. The van der Waals surface area contributed by atoms with Crippen LogP contribution in [0.3, 0.4) is 0 Å². The lowest BCUT2D eigenvalue weighted by atomic mass is 10.4. The van der Waals surface area contributed by atoms with E-state index in [0.29, 0.717) is 23.9 Å². The summed E-state index contributed by atoms with van der Waals surface area (Å²) < 4.78 is 10.0. The average Bonchev–Trinajstić information content (AvgIpc) is 2.27. The Bertz CT molecular complexity index is 409. The molecule has 0 unspecified atom stereocenters. The van der Waals surface area contributed by atoms with Gasteiger partial charge in [0, 0.05) is 0 Å². The molecule has 1 amide bonds. The van der Waals surface area contributed by atoms with Crippen molar-refractivity contribution in [2.45, 2.75) is 20.0 Å². The number of hydrogen-bond donors (Lipinski definition) is 3. The number of nitrogens with zero attached hydrogens (tertiary/aromatic N) is 1. The maximum atomic E-state index is 10.4. The molecule has 1 rings (SSSR count). The van der Waals surface area contributed by atoms with Crippen molar-refractivity contribution in [3.8, 4) is 5.88 Å². The normalized spacial score (nSPS) is 10.2. The van der Waals surface area contributed by atoms with Crippen molar-refractivity contribution >= 4 is 17.6 Å². The molecule has 1 aromatic heterocycles. The number of nitrogen functional groups attached to an aromatic ring is 1. The molecule has 0 fully saturated rings. The molecule has 0 aliphatic carbocycles. The van der Waals surface area contributed by atoms with Gasteiger partial charge >= 0.3 is 6.09 Å². The molecule has 0 saturated carbocycles. The van der Waals surface area contributed by atoms with Crippen LogP contribution < -0.4 is 21.5 Å². The summed E-state index contributed by atoms with van der Waals surface area (Å²) >= 11 is 0. The second kappa shape index (κ2) is 6.53. The molecule has 0 saturated heterocycles. The van der Waals surface area contributed by atoms with Crippen molar-refractivity contribution in [1.29, 1.82) is 0 Å². The van der Waals surface area contributed by atoms with Crippen molar-refractivity contribution < 1.29 is 14.3 Å². The highest BCUT2D eigenvalue weighted by molar-refractivity contribution is 5.64. The lowest BCUT2D eigenvalue weighted by molar-refractivity contribution is 0.161. The lowest BCUT2D eigenvalue weighted by Crippen LogP contribution is -2.19. The average molecular weight is 254 g/mol. The summed E-state index contributed by atoms with van der Waals surface area (Å²) in [6, 6.07) is 3.41. The molecule has 0 atom stereocenters. The van der Waals surface area contributed by atoms with E-state index in [0.717, 1.165) is 0 Å². The molecule has 0 aliphatic heterocycles. The fraction of sp³-hybridized carbons (Fsp3) is 0.455. The number of hydrogen-bond acceptors (Lipinski definition) is 6. The number of aromatic nitrogens is 1. The van der Waals surface area contributed by atoms with Gasteiger partial charge in [-0.3, -0.25) is 0 Å². The van der Waals surface area contributed by atoms with Crippen LogP contribution in [0.4, 0.5) is 16.3 Å². The number of nitrogens with one attached hydrogen (secondary N) is 1. The van der Waals surface area contributed by atoms with Gasteiger partial charge < -0.3 is 26.3 Å². The first-order valence-electron chi connectivity index (χ1n) is 5.58. The van der Waals surface area contributed by atoms with Gasteiger partial charge in [-0.15, -0.1) is 0 Å². The number of rotatable bonds is 6. The van der Waals surface area contributed by atoms with Crippen LogP contribution in [0.15, 0.2) is 12.1 Å². The molecule has 100 valence electrons. The summed E-state index contributed by atoms with van der Waals surface area (Å²) in [5, 5.41) is 2.96. The summed E-state index contributed by atoms with van der Waals surface area (Å²) in [4.78, 5) is 14.5. The number of pyridine rings is 1. The van der Waals surface area contributed by atoms with Gasteiger partial charge in [-0.25, -0.2) is 4.79 Å². The molecule has 1 heterocycles. The van der Waals surface area contributed by atoms with Gasteiger partial charge in [0.15, 0.2) is 0 Å². The summed E-state index contributed by atoms with van der Waals surface area (Å²) in [5.74, 6) is 0.971. The first kappa shape index (κ1) is 13.9. The van der Waals surface area contributed by atoms with Gasteiger partial charge in [0.25, 0.3) is 0 Å². The van der Waals surface area contributed by atoms with E-state index in [1.165, 1.54) is 0 Å². The third kappa shape index (κ3) is 4.77. The van der Waals surface area contributed by atoms with Crippen LogP contribution in [0, 0.1) is 0 Å². The Morgan fingerprint density at radius 2 is 2.22 bits per heavy atom. The van der Waals surface area contributed by atoms with Crippen molar-refractivity contribution in [2.75, 3.05) is 24.2 Å². The molecule has 0 aliphatic rings. The fourth-order valence-corrected chi connectivity index (χ4v) is 1.20. The SMILES string of the molecule is CC(C)Oc1nc(NCCOC(N)=O)ccc1N. The van der Waals surface area contributed by atoms with E-state index < -0.39 is 6.09 Å². The molecule has 0 radical (unpaired) electrons. The zero-order chi connectivity index (χ0) is 13.5. The molecule has 7 nitrogen and oxygen atoms in total. The molecule has 0 bridgehead atoms. The minimum Gasteiger partial charge on any atom is -0.473 e. The van der Waals surface area contributed by atoms with E-state index in [1.54, 1.807) is 12.1 Å². The number of carbonyl (C=O) groups excluding carboxylic acids is 1. The Morgan fingerprint density at radius 3 is 2.83 bits per heavy atom. The van der Waals surface area contributed by atoms with Crippen molar-refractivity contribution in [3.05, 3.63) is 12.1 Å². The Kier molecular flexibility index (Phi) is 5.04. The van der Waals surface area contributed by atoms with Crippen LogP contribution in [0.5, 0.6) is 5.88 Å². The summed E-state index contributed by atoms with van der Waals surface area (Å²) in [7, 11) is 0. The van der Waals surface area contributed by atoms with Crippen molar-refractivity contribution in [3.63, 3.8) is 0 Å². The van der Waals surface area contributed by atoms with Gasteiger partial charge in [0.1, 0.15) is 12.4 Å². The summed E-state index contributed by atoms with van der Waals surface area (Å²) in [5.41, 5.74) is 11.0. The number of ether oxygens (including phenoxy) is 2. The molecule has 5 N–H and O–H groups in total. The van der Waals surface area contributed by atoms with Gasteiger partial charge in [-0.1, -0.05) is 0 Å². The molecule has 18 heavy (non-hydrogen) atoms. The predicted octanol–water partition coefficient (Wildman–Crippen LogP) is 0.958. The minimum atomic E-state index is -0.800. The number of anilines is 2. The van der Waals surface area contributed by atoms with Crippen molar-refractivity contribution in [2.24, 2.45) is 5.73 Å². The van der Waals surface area contributed by atoms with Crippen LogP contribution in [0.1, 0.15) is 13.8 Å². The maximum Gasteiger partial charge on any atom is 0.404 e. The Balaban J connectivity index is 2.53. The standard InChI is InChI=1S/C11H18N4O3/c1-7(2)18-10-8(12)3-4-9(15-10)14-5-6-17-11(13)16/h3-4,7H,5-6,12H2,1-2H3,(H2,13,16)(H,14,15). The number of nitrogens with two attached hydrogens (primary N) is 2. The van der Waals surface area contributed by atoms with Crippen molar-refractivity contribution in [1.82, 2.24) is 4.98 Å². The van der Waals surface area contributed by atoms with Gasteiger partial charge in [0.05, 0.1) is 18.3 Å². The molecular weight excluding hydrogens is 236 g/mol. The van der Waals surface area contributed by atoms with E-state index in [-0.39, 0.29) is 12.7 Å². The molecular formula is C11H18N4O3. The predicted molar refractivity (Wildman–Crippen MR) is 68.4 cm³/mol. The number of carbonyl (C=O) groups is 1. The summed E-state index contributed by atoms with van der Waals surface area (Å²) in [6.07, 6.45) is -0.806. The Labute approximate surface area is 105 Å². The second-order valence-corrected chi connectivity index (χ2v) is 3.85. The van der Waals surface area contributed by atoms with E-state index in [2.05, 4.69) is 15.0 Å². The second-order valence-electron chi connectivity index (χ2n) is 3.85. The van der Waals surface area contributed by atoms with Crippen LogP contribution in [-0.4, -0.2) is 30.3 Å². The maximum absolute atomic E-state index is 10.4. The lowest BCUT2D eigenvalue weighted by Gasteiger charge is -2.12. The zero-order valence-electron chi connectivity index (χ0n) is 10.5. The Hall–Kier alpha value is -2.18. The van der Waals surface area contributed by atoms with Crippen LogP contribution in [-0.2, 0) is 4.74 Å². The molecule has 7 heteroatoms. The first-order chi connectivity index (χ1) is 8.49. The third-order valence-corrected chi connectivity index (χ3v) is 1.89.